The number of esters is 1. The van der Waals surface area contributed by atoms with Crippen LogP contribution in [0, 0.1) is 0 Å². The minimum absolute atomic E-state index is 0.166. The van der Waals surface area contributed by atoms with Crippen molar-refractivity contribution in [2.45, 2.75) is 13.1 Å². The van der Waals surface area contributed by atoms with Crippen LogP contribution in [0.15, 0.2) is 40.1 Å². The summed E-state index contributed by atoms with van der Waals surface area (Å²) >= 11 is 0. The molecule has 0 atom stereocenters. The molecule has 3 rings (SSSR count). The first kappa shape index (κ1) is 17.3. The maximum atomic E-state index is 11.8. The first-order valence-electron chi connectivity index (χ1n) is 7.62. The zero-order valence-corrected chi connectivity index (χ0v) is 13.5. The molecule has 0 fully saturated rings. The van der Waals surface area contributed by atoms with Crippen LogP contribution in [0.25, 0.3) is 0 Å². The molecule has 26 heavy (non-hydrogen) atoms. The molecule has 2 heterocycles. The fraction of sp³-hybridized carbons (Fsp3) is 0.250. The van der Waals surface area contributed by atoms with E-state index in [2.05, 4.69) is 5.32 Å². The number of aromatic nitrogens is 2. The molecule has 1 amide bonds. The van der Waals surface area contributed by atoms with Crippen molar-refractivity contribution in [1.29, 1.82) is 0 Å². The predicted molar refractivity (Wildman–Crippen MR) is 86.7 cm³/mol. The van der Waals surface area contributed by atoms with Crippen LogP contribution in [0.1, 0.15) is 5.56 Å². The Balaban J connectivity index is 1.44. The van der Waals surface area contributed by atoms with E-state index in [1.54, 1.807) is 18.2 Å². The normalized spacial score (nSPS) is 11.8. The number of hydrogen-bond donors (Lipinski definition) is 2. The number of carbonyl (C=O) groups excluding carboxylic acids is 2. The fourth-order valence-corrected chi connectivity index (χ4v) is 2.20. The van der Waals surface area contributed by atoms with Gasteiger partial charge in [0.15, 0.2) is 18.1 Å². The van der Waals surface area contributed by atoms with Crippen LogP contribution in [0.4, 0.5) is 0 Å². The fourth-order valence-electron chi connectivity index (χ4n) is 2.20. The summed E-state index contributed by atoms with van der Waals surface area (Å²) < 4.78 is 16.2. The molecule has 0 bridgehead atoms. The van der Waals surface area contributed by atoms with Crippen LogP contribution in [0.5, 0.6) is 11.5 Å². The van der Waals surface area contributed by atoms with Crippen molar-refractivity contribution in [3.63, 3.8) is 0 Å². The van der Waals surface area contributed by atoms with Gasteiger partial charge in [0.2, 0.25) is 6.79 Å². The van der Waals surface area contributed by atoms with Crippen LogP contribution in [0.3, 0.4) is 0 Å². The van der Waals surface area contributed by atoms with Gasteiger partial charge >= 0.3 is 11.7 Å². The van der Waals surface area contributed by atoms with Crippen molar-refractivity contribution < 1.29 is 23.8 Å². The van der Waals surface area contributed by atoms with Crippen molar-refractivity contribution in [3.8, 4) is 11.5 Å². The van der Waals surface area contributed by atoms with Crippen molar-refractivity contribution in [1.82, 2.24) is 14.9 Å². The number of hydrogen-bond acceptors (Lipinski definition) is 7. The third kappa shape index (κ3) is 4.29. The number of H-pyrrole nitrogens is 1. The zero-order chi connectivity index (χ0) is 18.5. The van der Waals surface area contributed by atoms with Gasteiger partial charge in [0.1, 0.15) is 6.54 Å². The van der Waals surface area contributed by atoms with E-state index in [1.807, 2.05) is 4.98 Å². The summed E-state index contributed by atoms with van der Waals surface area (Å²) in [4.78, 5) is 47.8. The molecule has 136 valence electrons. The quantitative estimate of drug-likeness (QED) is 0.640. The molecule has 10 heteroatoms. The first-order valence-corrected chi connectivity index (χ1v) is 7.62. The molecule has 0 saturated heterocycles. The Morgan fingerprint density at radius 3 is 2.81 bits per heavy atom. The van der Waals surface area contributed by atoms with Crippen LogP contribution < -0.4 is 26.0 Å². The summed E-state index contributed by atoms with van der Waals surface area (Å²) in [6, 6.07) is 6.37. The molecular formula is C16H15N3O7. The summed E-state index contributed by atoms with van der Waals surface area (Å²) in [6.07, 6.45) is 1.17. The number of benzene rings is 1. The third-order valence-corrected chi connectivity index (χ3v) is 3.49. The predicted octanol–water partition coefficient (Wildman–Crippen LogP) is -0.875. The Hall–Kier alpha value is -3.56. The van der Waals surface area contributed by atoms with E-state index in [-0.39, 0.29) is 13.3 Å². The van der Waals surface area contributed by atoms with Gasteiger partial charge in [-0.3, -0.25) is 23.9 Å². The Labute approximate surface area is 146 Å². The lowest BCUT2D eigenvalue weighted by atomic mass is 10.2. The molecule has 2 aromatic rings. The molecule has 0 radical (unpaired) electrons. The Morgan fingerprint density at radius 1 is 1.19 bits per heavy atom. The van der Waals surface area contributed by atoms with Crippen molar-refractivity contribution in [2.75, 3.05) is 13.4 Å². The lowest BCUT2D eigenvalue weighted by molar-refractivity contribution is -0.149. The van der Waals surface area contributed by atoms with Crippen LogP contribution in [0.2, 0.25) is 0 Å². The van der Waals surface area contributed by atoms with Crippen LogP contribution in [-0.2, 0) is 27.4 Å². The molecule has 2 N–H and O–H groups in total. The van der Waals surface area contributed by atoms with Crippen molar-refractivity contribution in [3.05, 3.63) is 56.9 Å². The van der Waals surface area contributed by atoms with Gasteiger partial charge in [0, 0.05) is 18.8 Å². The number of carbonyl (C=O) groups is 2. The second kappa shape index (κ2) is 7.55. The number of fused-ring (bicyclic) bond motifs is 1. The van der Waals surface area contributed by atoms with E-state index in [0.29, 0.717) is 11.5 Å². The molecule has 1 aliphatic rings. The van der Waals surface area contributed by atoms with Crippen molar-refractivity contribution >= 4 is 11.9 Å². The van der Waals surface area contributed by atoms with E-state index in [9.17, 15) is 19.2 Å². The summed E-state index contributed by atoms with van der Waals surface area (Å²) in [5, 5.41) is 2.60. The Bertz CT molecular complexity index is 947. The van der Waals surface area contributed by atoms with Gasteiger partial charge in [-0.05, 0) is 17.7 Å². The van der Waals surface area contributed by atoms with E-state index >= 15 is 0 Å². The standard InChI is InChI=1S/C16H15N3O7/c20-13-3-4-19(16(23)18-13)7-15(22)24-8-14(21)17-6-10-1-2-11-12(5-10)26-9-25-11/h1-5H,6-9H2,(H,17,21)(H,18,20,23). The molecule has 1 aromatic carbocycles. The number of rotatable bonds is 6. The maximum Gasteiger partial charge on any atom is 0.328 e. The van der Waals surface area contributed by atoms with Gasteiger partial charge in [-0.1, -0.05) is 6.07 Å². The van der Waals surface area contributed by atoms with Gasteiger partial charge < -0.3 is 19.5 Å². The highest BCUT2D eigenvalue weighted by atomic mass is 16.7. The van der Waals surface area contributed by atoms with Crippen LogP contribution >= 0.6 is 0 Å². The van der Waals surface area contributed by atoms with Gasteiger partial charge in [0.25, 0.3) is 11.5 Å². The van der Waals surface area contributed by atoms with E-state index in [0.717, 1.165) is 16.2 Å². The Kier molecular flexibility index (Phi) is 5.02. The minimum atomic E-state index is -0.780. The summed E-state index contributed by atoms with van der Waals surface area (Å²) in [7, 11) is 0. The summed E-state index contributed by atoms with van der Waals surface area (Å²) in [5.74, 6) is -0.0248. The van der Waals surface area contributed by atoms with Gasteiger partial charge in [-0.15, -0.1) is 0 Å². The largest absolute Gasteiger partial charge is 0.454 e. The average Bonchev–Trinajstić information content (AvgIpc) is 3.08. The van der Waals surface area contributed by atoms with E-state index in [4.69, 9.17) is 14.2 Å². The van der Waals surface area contributed by atoms with Gasteiger partial charge in [-0.25, -0.2) is 4.79 Å². The monoisotopic (exact) mass is 361 g/mol. The molecular weight excluding hydrogens is 346 g/mol. The SMILES string of the molecule is O=C(COC(=O)Cn1ccc(=O)[nH]c1=O)NCc1ccc2c(c1)OCO2. The highest BCUT2D eigenvalue weighted by Gasteiger charge is 2.14. The number of nitrogens with zero attached hydrogens (tertiary/aromatic N) is 1. The minimum Gasteiger partial charge on any atom is -0.454 e. The van der Waals surface area contributed by atoms with E-state index < -0.39 is 36.3 Å². The lowest BCUT2D eigenvalue weighted by Crippen LogP contribution is -2.33. The first-order chi connectivity index (χ1) is 12.5. The topological polar surface area (TPSA) is 129 Å². The Morgan fingerprint density at radius 2 is 2.00 bits per heavy atom. The lowest BCUT2D eigenvalue weighted by Gasteiger charge is -2.08. The van der Waals surface area contributed by atoms with Gasteiger partial charge in [-0.2, -0.15) is 0 Å². The summed E-state index contributed by atoms with van der Waals surface area (Å²) in [5.41, 5.74) is -0.502. The second-order valence-corrected chi connectivity index (χ2v) is 5.36. The number of ether oxygens (including phenoxy) is 3. The molecule has 1 aromatic heterocycles. The third-order valence-electron chi connectivity index (χ3n) is 3.49. The highest BCUT2D eigenvalue weighted by Crippen LogP contribution is 2.32. The molecule has 10 nitrogen and oxygen atoms in total. The van der Waals surface area contributed by atoms with E-state index in [1.165, 1.54) is 6.20 Å². The molecule has 0 saturated carbocycles. The highest BCUT2D eigenvalue weighted by molar-refractivity contribution is 5.80. The second-order valence-electron chi connectivity index (χ2n) is 5.36. The van der Waals surface area contributed by atoms with Crippen molar-refractivity contribution in [2.24, 2.45) is 0 Å². The number of aromatic amines is 1. The molecule has 1 aliphatic heterocycles. The van der Waals surface area contributed by atoms with Crippen LogP contribution in [-0.4, -0.2) is 34.8 Å². The number of nitrogens with one attached hydrogen (secondary N) is 2. The summed E-state index contributed by atoms with van der Waals surface area (Å²) in [6.45, 7) is -0.502. The average molecular weight is 361 g/mol. The molecule has 0 unspecified atom stereocenters. The smallest absolute Gasteiger partial charge is 0.328 e. The van der Waals surface area contributed by atoms with Gasteiger partial charge in [0.05, 0.1) is 0 Å². The molecule has 0 aliphatic carbocycles. The molecule has 0 spiro atoms. The zero-order valence-electron chi connectivity index (χ0n) is 13.5. The maximum absolute atomic E-state index is 11.8. The number of amides is 1.